The molecule has 2 rings (SSSR count). The molecule has 2 aliphatic rings. The second-order valence-corrected chi connectivity index (χ2v) is 6.04. The van der Waals surface area contributed by atoms with Crippen LogP contribution in [0.3, 0.4) is 0 Å². The molecule has 0 unspecified atom stereocenters. The number of carbonyl (C=O) groups is 1. The van der Waals surface area contributed by atoms with E-state index in [1.54, 1.807) is 0 Å². The van der Waals surface area contributed by atoms with Gasteiger partial charge in [-0.3, -0.25) is 9.69 Å². The summed E-state index contributed by atoms with van der Waals surface area (Å²) in [6, 6.07) is -0.451. The fraction of sp³-hybridized carbons (Fsp3) is 0.923. The summed E-state index contributed by atoms with van der Waals surface area (Å²) >= 11 is 0. The van der Waals surface area contributed by atoms with Crippen molar-refractivity contribution >= 4 is 5.91 Å². The standard InChI is InChI=1S/C13H24N2O2/c1-8(2)10-5-9(6-10)7-15-4-3-11(16)12(15)13(14)17/h8-12,16H,3-7H2,1-2H3,(H2,14,17)/t9?,10?,11-,12+/m1/s1. The molecule has 0 aromatic carbocycles. The zero-order valence-corrected chi connectivity index (χ0v) is 10.8. The highest BCUT2D eigenvalue weighted by molar-refractivity contribution is 5.80. The van der Waals surface area contributed by atoms with E-state index in [-0.39, 0.29) is 5.91 Å². The molecule has 1 amide bonds. The van der Waals surface area contributed by atoms with Gasteiger partial charge in [0.1, 0.15) is 6.04 Å². The van der Waals surface area contributed by atoms with Crippen LogP contribution in [0.4, 0.5) is 0 Å². The number of amides is 1. The van der Waals surface area contributed by atoms with Gasteiger partial charge in [-0.05, 0) is 37.0 Å². The summed E-state index contributed by atoms with van der Waals surface area (Å²) < 4.78 is 0. The van der Waals surface area contributed by atoms with Crippen molar-refractivity contribution in [1.82, 2.24) is 4.90 Å². The van der Waals surface area contributed by atoms with Crippen molar-refractivity contribution in [3.63, 3.8) is 0 Å². The average molecular weight is 240 g/mol. The van der Waals surface area contributed by atoms with Crippen LogP contribution >= 0.6 is 0 Å². The lowest BCUT2D eigenvalue weighted by atomic mass is 9.69. The third-order valence-electron chi connectivity index (χ3n) is 4.47. The van der Waals surface area contributed by atoms with E-state index in [0.717, 1.165) is 24.9 Å². The second-order valence-electron chi connectivity index (χ2n) is 6.04. The van der Waals surface area contributed by atoms with Gasteiger partial charge in [0.05, 0.1) is 6.10 Å². The Labute approximate surface area is 103 Å². The van der Waals surface area contributed by atoms with Crippen LogP contribution in [0.25, 0.3) is 0 Å². The highest BCUT2D eigenvalue weighted by atomic mass is 16.3. The first-order chi connectivity index (χ1) is 7.99. The molecule has 1 heterocycles. The van der Waals surface area contributed by atoms with E-state index in [1.165, 1.54) is 12.8 Å². The van der Waals surface area contributed by atoms with Gasteiger partial charge in [0, 0.05) is 13.1 Å². The van der Waals surface area contributed by atoms with Crippen LogP contribution in [0.2, 0.25) is 0 Å². The minimum Gasteiger partial charge on any atom is -0.391 e. The summed E-state index contributed by atoms with van der Waals surface area (Å²) in [6.45, 7) is 6.27. The van der Waals surface area contributed by atoms with Crippen LogP contribution in [-0.4, -0.2) is 41.1 Å². The van der Waals surface area contributed by atoms with Gasteiger partial charge in [-0.15, -0.1) is 0 Å². The van der Waals surface area contributed by atoms with E-state index < -0.39 is 12.1 Å². The first kappa shape index (κ1) is 12.8. The maximum Gasteiger partial charge on any atom is 0.237 e. The molecule has 4 nitrogen and oxygen atoms in total. The maximum absolute atomic E-state index is 11.3. The van der Waals surface area contributed by atoms with Crippen LogP contribution in [-0.2, 0) is 4.79 Å². The summed E-state index contributed by atoms with van der Waals surface area (Å²) in [5.41, 5.74) is 5.35. The lowest BCUT2D eigenvalue weighted by Gasteiger charge is -2.41. The number of nitrogens with two attached hydrogens (primary N) is 1. The summed E-state index contributed by atoms with van der Waals surface area (Å²) in [4.78, 5) is 13.4. The van der Waals surface area contributed by atoms with E-state index in [9.17, 15) is 9.90 Å². The van der Waals surface area contributed by atoms with Crippen LogP contribution in [0, 0.1) is 17.8 Å². The maximum atomic E-state index is 11.3. The number of primary amides is 1. The van der Waals surface area contributed by atoms with Gasteiger partial charge in [-0.2, -0.15) is 0 Å². The first-order valence-corrected chi connectivity index (χ1v) is 6.70. The zero-order valence-electron chi connectivity index (χ0n) is 10.8. The molecule has 0 aromatic heterocycles. The third kappa shape index (κ3) is 2.63. The first-order valence-electron chi connectivity index (χ1n) is 6.70. The Morgan fingerprint density at radius 3 is 2.65 bits per heavy atom. The molecule has 1 aliphatic heterocycles. The number of rotatable bonds is 4. The monoisotopic (exact) mass is 240 g/mol. The molecule has 0 spiro atoms. The SMILES string of the molecule is CC(C)C1CC(CN2CC[C@@H](O)[C@H]2C(N)=O)C1. The molecular weight excluding hydrogens is 216 g/mol. The Balaban J connectivity index is 1.82. The molecule has 4 heteroatoms. The highest BCUT2D eigenvalue weighted by Gasteiger charge is 2.40. The van der Waals surface area contributed by atoms with Crippen molar-refractivity contribution in [3.8, 4) is 0 Å². The Morgan fingerprint density at radius 2 is 2.12 bits per heavy atom. The summed E-state index contributed by atoms with van der Waals surface area (Å²) in [5.74, 6) is 1.92. The Bertz CT molecular complexity index is 287. The molecule has 1 saturated heterocycles. The van der Waals surface area contributed by atoms with E-state index in [4.69, 9.17) is 5.73 Å². The average Bonchev–Trinajstić information content (AvgIpc) is 2.51. The summed E-state index contributed by atoms with van der Waals surface area (Å²) in [6.07, 6.45) is 2.63. The molecular formula is C13H24N2O2. The number of aliphatic hydroxyl groups excluding tert-OH is 1. The lowest BCUT2D eigenvalue weighted by molar-refractivity contribution is -0.125. The predicted octanol–water partition coefficient (Wildman–Crippen LogP) is 0.589. The van der Waals surface area contributed by atoms with Crippen molar-refractivity contribution in [2.75, 3.05) is 13.1 Å². The number of hydrogen-bond donors (Lipinski definition) is 2. The zero-order chi connectivity index (χ0) is 12.6. The van der Waals surface area contributed by atoms with E-state index in [2.05, 4.69) is 18.7 Å². The fourth-order valence-electron chi connectivity index (χ4n) is 3.23. The number of likely N-dealkylation sites (tertiary alicyclic amines) is 1. The van der Waals surface area contributed by atoms with Crippen molar-refractivity contribution in [1.29, 1.82) is 0 Å². The van der Waals surface area contributed by atoms with Gasteiger partial charge in [-0.1, -0.05) is 13.8 Å². The van der Waals surface area contributed by atoms with Gasteiger partial charge in [0.2, 0.25) is 5.91 Å². The van der Waals surface area contributed by atoms with Crippen molar-refractivity contribution in [3.05, 3.63) is 0 Å². The molecule has 17 heavy (non-hydrogen) atoms. The molecule has 2 fully saturated rings. The predicted molar refractivity (Wildman–Crippen MR) is 66.2 cm³/mol. The van der Waals surface area contributed by atoms with E-state index >= 15 is 0 Å². The van der Waals surface area contributed by atoms with Gasteiger partial charge in [-0.25, -0.2) is 0 Å². The van der Waals surface area contributed by atoms with Crippen LogP contribution in [0.5, 0.6) is 0 Å². The van der Waals surface area contributed by atoms with E-state index in [0.29, 0.717) is 12.3 Å². The molecule has 0 bridgehead atoms. The highest BCUT2D eigenvalue weighted by Crippen LogP contribution is 2.39. The topological polar surface area (TPSA) is 66.6 Å². The Kier molecular flexibility index (Phi) is 3.73. The van der Waals surface area contributed by atoms with Crippen LogP contribution in [0.1, 0.15) is 33.1 Å². The number of aliphatic hydroxyl groups is 1. The molecule has 3 N–H and O–H groups in total. The largest absolute Gasteiger partial charge is 0.391 e. The van der Waals surface area contributed by atoms with E-state index in [1.807, 2.05) is 0 Å². The van der Waals surface area contributed by atoms with Gasteiger partial charge >= 0.3 is 0 Å². The smallest absolute Gasteiger partial charge is 0.237 e. The number of nitrogens with zero attached hydrogens (tertiary/aromatic N) is 1. The Hall–Kier alpha value is -0.610. The number of carbonyl (C=O) groups excluding carboxylic acids is 1. The molecule has 0 radical (unpaired) electrons. The molecule has 98 valence electrons. The number of hydrogen-bond acceptors (Lipinski definition) is 3. The molecule has 1 saturated carbocycles. The van der Waals surface area contributed by atoms with Crippen molar-refractivity contribution < 1.29 is 9.90 Å². The van der Waals surface area contributed by atoms with Gasteiger partial charge in [0.25, 0.3) is 0 Å². The fourth-order valence-corrected chi connectivity index (χ4v) is 3.23. The van der Waals surface area contributed by atoms with Crippen LogP contribution < -0.4 is 5.73 Å². The summed E-state index contributed by atoms with van der Waals surface area (Å²) in [7, 11) is 0. The normalized spacial score (nSPS) is 38.4. The van der Waals surface area contributed by atoms with Crippen LogP contribution in [0.15, 0.2) is 0 Å². The second kappa shape index (κ2) is 4.94. The third-order valence-corrected chi connectivity index (χ3v) is 4.47. The minimum absolute atomic E-state index is 0.380. The lowest BCUT2D eigenvalue weighted by Crippen LogP contribution is -2.48. The van der Waals surface area contributed by atoms with Gasteiger partial charge in [0.15, 0.2) is 0 Å². The van der Waals surface area contributed by atoms with Crippen molar-refractivity contribution in [2.45, 2.75) is 45.3 Å². The summed E-state index contributed by atoms with van der Waals surface area (Å²) in [5, 5.41) is 9.73. The molecule has 1 aliphatic carbocycles. The Morgan fingerprint density at radius 1 is 1.47 bits per heavy atom. The minimum atomic E-state index is -0.562. The molecule has 0 aromatic rings. The molecule has 2 atom stereocenters. The van der Waals surface area contributed by atoms with Gasteiger partial charge < -0.3 is 10.8 Å². The quantitative estimate of drug-likeness (QED) is 0.756. The van der Waals surface area contributed by atoms with Crippen molar-refractivity contribution in [2.24, 2.45) is 23.5 Å².